The number of nitrogens with two attached hydrogens (primary N) is 1. The minimum absolute atomic E-state index is 0.273. The highest BCUT2D eigenvalue weighted by molar-refractivity contribution is 5.62. The molecule has 3 aromatic rings. The maximum absolute atomic E-state index is 6.06. The Kier molecular flexibility index (Phi) is 3.55. The van der Waals surface area contributed by atoms with E-state index in [1.54, 1.807) is 12.3 Å². The van der Waals surface area contributed by atoms with Crippen molar-refractivity contribution in [3.05, 3.63) is 36.9 Å². The third-order valence-electron chi connectivity index (χ3n) is 4.02. The van der Waals surface area contributed by atoms with Crippen LogP contribution in [0.1, 0.15) is 12.8 Å². The highest BCUT2D eigenvalue weighted by Gasteiger charge is 2.15. The van der Waals surface area contributed by atoms with Crippen molar-refractivity contribution in [2.24, 2.45) is 0 Å². The van der Waals surface area contributed by atoms with E-state index in [0.717, 1.165) is 48.7 Å². The van der Waals surface area contributed by atoms with E-state index in [4.69, 9.17) is 10.5 Å². The lowest BCUT2D eigenvalue weighted by molar-refractivity contribution is 0.162. The molecule has 23 heavy (non-hydrogen) atoms. The second-order valence-electron chi connectivity index (χ2n) is 5.63. The number of ether oxygens (including phenoxy) is 1. The smallest absolute Gasteiger partial charge is 0.140 e. The molecule has 4 rings (SSSR count). The lowest BCUT2D eigenvalue weighted by Gasteiger charge is -2.23. The first kappa shape index (κ1) is 14.0. The second kappa shape index (κ2) is 5.85. The van der Waals surface area contributed by atoms with Gasteiger partial charge in [-0.2, -0.15) is 0 Å². The third-order valence-corrected chi connectivity index (χ3v) is 4.02. The number of aromatic nitrogens is 4. The summed E-state index contributed by atoms with van der Waals surface area (Å²) in [4.78, 5) is 12.6. The largest absolute Gasteiger partial charge is 0.490 e. The number of piperidine rings is 1. The molecule has 1 fully saturated rings. The highest BCUT2D eigenvalue weighted by Crippen LogP contribution is 2.23. The zero-order valence-electron chi connectivity index (χ0n) is 12.6. The van der Waals surface area contributed by atoms with Gasteiger partial charge in [-0.1, -0.05) is 0 Å². The molecule has 7 heteroatoms. The van der Waals surface area contributed by atoms with Crippen LogP contribution in [0, 0.1) is 0 Å². The lowest BCUT2D eigenvalue weighted by Crippen LogP contribution is -2.34. The fourth-order valence-corrected chi connectivity index (χ4v) is 2.84. The molecular formula is C16H18N6O. The molecule has 1 aliphatic heterocycles. The Morgan fingerprint density at radius 2 is 2.04 bits per heavy atom. The summed E-state index contributed by atoms with van der Waals surface area (Å²) < 4.78 is 8.03. The van der Waals surface area contributed by atoms with Crippen LogP contribution in [0.2, 0.25) is 0 Å². The molecule has 3 aromatic heterocycles. The molecular weight excluding hydrogens is 292 g/mol. The summed E-state index contributed by atoms with van der Waals surface area (Å²) in [6, 6.07) is 5.66. The topological polar surface area (TPSA) is 90.4 Å². The number of nitrogen functional groups attached to an aromatic ring is 1. The summed E-state index contributed by atoms with van der Waals surface area (Å²) in [5.74, 6) is 1.29. The molecule has 0 unspecified atom stereocenters. The van der Waals surface area contributed by atoms with E-state index in [0.29, 0.717) is 5.82 Å². The molecule has 0 atom stereocenters. The van der Waals surface area contributed by atoms with Gasteiger partial charge in [0.25, 0.3) is 0 Å². The van der Waals surface area contributed by atoms with E-state index in [-0.39, 0.29) is 6.10 Å². The van der Waals surface area contributed by atoms with Gasteiger partial charge in [-0.25, -0.2) is 15.0 Å². The van der Waals surface area contributed by atoms with Gasteiger partial charge in [0.05, 0.1) is 17.6 Å². The Bertz CT molecular complexity index is 824. The number of hydrogen-bond donors (Lipinski definition) is 2. The molecule has 0 aromatic carbocycles. The van der Waals surface area contributed by atoms with Crippen molar-refractivity contribution < 1.29 is 4.74 Å². The molecule has 0 saturated carbocycles. The van der Waals surface area contributed by atoms with Crippen molar-refractivity contribution >= 4 is 11.5 Å². The van der Waals surface area contributed by atoms with E-state index in [1.165, 1.54) is 6.33 Å². The van der Waals surface area contributed by atoms with Crippen molar-refractivity contribution in [2.75, 3.05) is 18.8 Å². The number of pyridine rings is 1. The molecule has 0 spiro atoms. The summed E-state index contributed by atoms with van der Waals surface area (Å²) in [6.07, 6.45) is 7.53. The van der Waals surface area contributed by atoms with E-state index < -0.39 is 0 Å². The summed E-state index contributed by atoms with van der Waals surface area (Å²) in [6.45, 7) is 2.02. The number of imidazole rings is 1. The van der Waals surface area contributed by atoms with E-state index in [9.17, 15) is 0 Å². The molecule has 4 heterocycles. The number of anilines is 1. The van der Waals surface area contributed by atoms with Crippen LogP contribution in [-0.2, 0) is 0 Å². The Morgan fingerprint density at radius 3 is 2.87 bits per heavy atom. The van der Waals surface area contributed by atoms with Gasteiger partial charge in [-0.3, -0.25) is 4.40 Å². The van der Waals surface area contributed by atoms with Crippen LogP contribution < -0.4 is 15.8 Å². The molecule has 7 nitrogen and oxygen atoms in total. The monoisotopic (exact) mass is 310 g/mol. The molecule has 0 aliphatic carbocycles. The fourth-order valence-electron chi connectivity index (χ4n) is 2.84. The summed E-state index contributed by atoms with van der Waals surface area (Å²) in [5, 5.41) is 3.34. The van der Waals surface area contributed by atoms with Gasteiger partial charge in [0, 0.05) is 18.3 Å². The average molecular weight is 310 g/mol. The highest BCUT2D eigenvalue weighted by atomic mass is 16.5. The van der Waals surface area contributed by atoms with E-state index in [1.807, 2.05) is 22.7 Å². The Hall–Kier alpha value is -2.67. The zero-order chi connectivity index (χ0) is 15.6. The molecule has 0 bridgehead atoms. The zero-order valence-corrected chi connectivity index (χ0v) is 12.6. The minimum atomic E-state index is 0.273. The summed E-state index contributed by atoms with van der Waals surface area (Å²) in [7, 11) is 0. The quantitative estimate of drug-likeness (QED) is 0.762. The van der Waals surface area contributed by atoms with Gasteiger partial charge in [0.15, 0.2) is 0 Å². The molecule has 118 valence electrons. The van der Waals surface area contributed by atoms with Crippen molar-refractivity contribution in [2.45, 2.75) is 18.9 Å². The van der Waals surface area contributed by atoms with Gasteiger partial charge in [0.1, 0.15) is 29.6 Å². The molecule has 0 radical (unpaired) electrons. The number of fused-ring (bicyclic) bond motifs is 1. The van der Waals surface area contributed by atoms with E-state index in [2.05, 4.69) is 20.3 Å². The number of rotatable bonds is 3. The summed E-state index contributed by atoms with van der Waals surface area (Å²) >= 11 is 0. The van der Waals surface area contributed by atoms with Gasteiger partial charge in [-0.15, -0.1) is 0 Å². The first-order valence-corrected chi connectivity index (χ1v) is 7.72. The number of nitrogens with zero attached hydrogens (tertiary/aromatic N) is 4. The van der Waals surface area contributed by atoms with Crippen molar-refractivity contribution in [3.8, 4) is 17.1 Å². The molecule has 3 N–H and O–H groups in total. The van der Waals surface area contributed by atoms with Crippen LogP contribution in [-0.4, -0.2) is 38.5 Å². The van der Waals surface area contributed by atoms with Crippen LogP contribution in [0.15, 0.2) is 36.9 Å². The Morgan fingerprint density at radius 1 is 1.17 bits per heavy atom. The van der Waals surface area contributed by atoms with Crippen LogP contribution in [0.3, 0.4) is 0 Å². The molecule has 1 aliphatic rings. The van der Waals surface area contributed by atoms with Crippen molar-refractivity contribution in [3.63, 3.8) is 0 Å². The molecule has 1 saturated heterocycles. The maximum Gasteiger partial charge on any atom is 0.140 e. The van der Waals surface area contributed by atoms with Gasteiger partial charge in [-0.05, 0) is 32.0 Å². The van der Waals surface area contributed by atoms with Crippen LogP contribution in [0.5, 0.6) is 5.75 Å². The number of hydrogen-bond acceptors (Lipinski definition) is 6. The standard InChI is InChI=1S/C16H18N6O/c17-15-8-13(20-10-21-15)14-9-19-16-7-12(3-6-22(14)16)23-11-1-4-18-5-2-11/h3,6-11,18H,1-2,4-5H2,(H2,17,20,21). The predicted octanol–water partition coefficient (Wildman–Crippen LogP) is 1.50. The second-order valence-corrected chi connectivity index (χ2v) is 5.63. The van der Waals surface area contributed by atoms with E-state index >= 15 is 0 Å². The number of nitrogens with one attached hydrogen (secondary N) is 1. The van der Waals surface area contributed by atoms with Crippen LogP contribution >= 0.6 is 0 Å². The first-order chi connectivity index (χ1) is 11.3. The Balaban J connectivity index is 1.63. The van der Waals surface area contributed by atoms with Crippen molar-refractivity contribution in [1.29, 1.82) is 0 Å². The SMILES string of the molecule is Nc1cc(-c2cnc3cc(OC4CCNCC4)ccn23)ncn1. The fraction of sp³-hybridized carbons (Fsp3) is 0.312. The maximum atomic E-state index is 6.06. The van der Waals surface area contributed by atoms with Gasteiger partial charge in [0.2, 0.25) is 0 Å². The lowest BCUT2D eigenvalue weighted by atomic mass is 10.1. The minimum Gasteiger partial charge on any atom is -0.490 e. The average Bonchev–Trinajstić information content (AvgIpc) is 2.99. The molecule has 0 amide bonds. The van der Waals surface area contributed by atoms with Crippen molar-refractivity contribution in [1.82, 2.24) is 24.7 Å². The van der Waals surface area contributed by atoms with Gasteiger partial charge >= 0.3 is 0 Å². The Labute approximate surface area is 133 Å². The normalized spacial score (nSPS) is 15.8. The van der Waals surface area contributed by atoms with Gasteiger partial charge < -0.3 is 15.8 Å². The third kappa shape index (κ3) is 2.83. The van der Waals surface area contributed by atoms with Crippen LogP contribution in [0.25, 0.3) is 17.0 Å². The predicted molar refractivity (Wildman–Crippen MR) is 87.2 cm³/mol. The summed E-state index contributed by atoms with van der Waals surface area (Å²) in [5.41, 5.74) is 8.18. The van der Waals surface area contributed by atoms with Crippen LogP contribution in [0.4, 0.5) is 5.82 Å². The first-order valence-electron chi connectivity index (χ1n) is 7.72.